The highest BCUT2D eigenvalue weighted by molar-refractivity contribution is 6.20. The molecule has 11 amide bonds. The molecule has 4 aromatic carbocycles. The van der Waals surface area contributed by atoms with Crippen molar-refractivity contribution in [3.05, 3.63) is 131 Å². The van der Waals surface area contributed by atoms with E-state index in [1.165, 1.54) is 23.0 Å². The molecule has 29 nitrogen and oxygen atoms in total. The average Bonchev–Trinajstić information content (AvgIpc) is 1.54. The van der Waals surface area contributed by atoms with Crippen LogP contribution in [0.25, 0.3) is 21.8 Å². The second-order valence-corrected chi connectivity index (χ2v) is 22.5. The number of primary amides is 1. The number of hydrogen-bond acceptors (Lipinski definition) is 18. The van der Waals surface area contributed by atoms with Gasteiger partial charge in [0.1, 0.15) is 48.1 Å². The van der Waals surface area contributed by atoms with Crippen LogP contribution in [0.5, 0.6) is 11.5 Å². The van der Waals surface area contributed by atoms with Crippen molar-refractivity contribution in [3.8, 4) is 11.5 Å². The minimum Gasteiger partial charge on any atom is -0.491 e. The number of alkyl carbamates (subject to hydrolysis) is 1. The number of nitrogens with two attached hydrogens (primary N) is 1. The van der Waals surface area contributed by atoms with Gasteiger partial charge in [-0.15, -0.1) is 11.6 Å². The molecule has 30 heteroatoms. The third-order valence-electron chi connectivity index (χ3n) is 15.2. The first-order chi connectivity index (χ1) is 45.2. The molecular weight excluding hydrogens is 1240 g/mol. The van der Waals surface area contributed by atoms with Gasteiger partial charge in [-0.2, -0.15) is 0 Å². The molecule has 94 heavy (non-hydrogen) atoms. The Morgan fingerprint density at radius 2 is 1.56 bits per heavy atom. The number of anilines is 3. The predicted molar refractivity (Wildman–Crippen MR) is 343 cm³/mol. The quantitative estimate of drug-likeness (QED) is 0.0159. The van der Waals surface area contributed by atoms with Gasteiger partial charge >= 0.3 is 24.3 Å². The first-order valence-corrected chi connectivity index (χ1v) is 30.5. The molecule has 4 heterocycles. The normalized spacial score (nSPS) is 13.9. The van der Waals surface area contributed by atoms with Gasteiger partial charge < -0.3 is 85.9 Å². The Balaban J connectivity index is 0.893. The molecule has 0 fully saturated rings. The Labute approximate surface area is 544 Å². The summed E-state index contributed by atoms with van der Waals surface area (Å²) in [5.41, 5.74) is 9.44. The number of aryl methyl sites for hydroxylation is 1. The van der Waals surface area contributed by atoms with Crippen LogP contribution in [-0.4, -0.2) is 192 Å². The number of imide groups is 1. The number of hydrogen-bond donors (Lipinski definition) is 9. The number of pyridine rings is 1. The number of benzene rings is 4. The Bertz CT molecular complexity index is 3790. The lowest BCUT2D eigenvalue weighted by molar-refractivity contribution is -0.141. The molecule has 0 spiro atoms. The number of ether oxygens (including phenoxy) is 5. The smallest absolute Gasteiger partial charge is 0.415 e. The summed E-state index contributed by atoms with van der Waals surface area (Å²) in [7, 11) is 1.48. The Morgan fingerprint density at radius 3 is 2.26 bits per heavy atom. The lowest BCUT2D eigenvalue weighted by Crippen LogP contribution is -2.55. The molecule has 0 bridgehead atoms. The largest absolute Gasteiger partial charge is 0.491 e. The third-order valence-corrected chi connectivity index (χ3v) is 15.5. The summed E-state index contributed by atoms with van der Waals surface area (Å²) in [6.45, 7) is 4.11. The van der Waals surface area contributed by atoms with Crippen LogP contribution in [0.4, 0.5) is 36.2 Å². The number of aliphatic hydroxyl groups excluding tert-OH is 2. The highest BCUT2D eigenvalue weighted by Crippen LogP contribution is 2.47. The van der Waals surface area contributed by atoms with Gasteiger partial charge in [0.25, 0.3) is 23.6 Å². The summed E-state index contributed by atoms with van der Waals surface area (Å²) in [4.78, 5) is 143. The second-order valence-electron chi connectivity index (χ2n) is 22.2. The molecule has 0 radical (unpaired) electrons. The van der Waals surface area contributed by atoms with Crippen molar-refractivity contribution in [1.82, 2.24) is 40.6 Å². The number of carbonyl (C=O) groups is 10. The fourth-order valence-electron chi connectivity index (χ4n) is 10.3. The number of aliphatic hydroxyl groups is 2. The van der Waals surface area contributed by atoms with Crippen molar-refractivity contribution in [1.29, 1.82) is 0 Å². The van der Waals surface area contributed by atoms with Crippen LogP contribution in [0, 0.1) is 12.8 Å². The zero-order valence-corrected chi connectivity index (χ0v) is 52.7. The number of aromatic nitrogens is 2. The van der Waals surface area contributed by atoms with Crippen LogP contribution in [0.15, 0.2) is 103 Å². The zero-order chi connectivity index (χ0) is 67.6. The van der Waals surface area contributed by atoms with Crippen LogP contribution < -0.4 is 46.7 Å². The maximum absolute atomic E-state index is 14.7. The van der Waals surface area contributed by atoms with Gasteiger partial charge in [0.05, 0.1) is 44.0 Å². The van der Waals surface area contributed by atoms with E-state index >= 15 is 0 Å². The molecule has 6 aromatic rings. The van der Waals surface area contributed by atoms with Crippen LogP contribution >= 0.6 is 11.6 Å². The summed E-state index contributed by atoms with van der Waals surface area (Å²) in [6, 6.07) is 20.0. The van der Waals surface area contributed by atoms with Gasteiger partial charge in [-0.05, 0) is 96.3 Å². The SMILES string of the molecule is Cc1cccc2c(OC(=O)N(CCOCCO)CCN(C)C(=O)OCc3ccc(NC(=O)[C@H](CCCNC(N)=O)NC(=O)[C@@H](NC(=O)OCN4C(=O)C=CC4=O)C(C)C)cc3)cc3c(c12)[C@H](CCl)CN3C(=O)c1cc2cc(NC(=O)c3ccc(OCCO)cc3)cnc2[nH]1. The summed E-state index contributed by atoms with van der Waals surface area (Å²) < 4.78 is 27.8. The number of amides is 11. The van der Waals surface area contributed by atoms with E-state index in [1.807, 2.05) is 25.1 Å². The monoisotopic (exact) mass is 1320 g/mol. The van der Waals surface area contributed by atoms with E-state index in [0.29, 0.717) is 55.3 Å². The number of likely N-dealkylation sites (N-methyl/N-ethyl adjacent to an activating group) is 1. The van der Waals surface area contributed by atoms with Crippen LogP contribution in [0.3, 0.4) is 0 Å². The standard InChI is InChI=1S/C64H73ClN12O17/c1-37(2)55(73-62(87)93-36-77-51(80)18-19-52(77)81)59(84)72-47(9-6-20-67-61(66)86)58(83)69-43-14-10-39(11-15-43)35-92-63(88)74(4)21-22-75(23-26-90-27-24-78)64(89)94-50-31-49-54(53-38(3)7-5-8-46(50)53)42(32-65)34-76(49)60(85)48-30-41-29-44(33-68-56(41)71-48)70-57(82)40-12-16-45(17-13-40)91-28-25-79/h5,7-8,10-19,29-31,33,37,42,47,55,78-79H,6,9,20-28,32,34-36H2,1-4H3,(H,68,71)(H,69,83)(H,70,82)(H,72,84)(H,73,87)(H3,66,67,86)/t42-,47+,55+/m1/s1. The van der Waals surface area contributed by atoms with E-state index in [2.05, 4.69) is 36.6 Å². The van der Waals surface area contributed by atoms with Crippen molar-refractivity contribution in [2.24, 2.45) is 11.7 Å². The number of nitrogens with zero attached hydrogens (tertiary/aromatic N) is 5. The van der Waals surface area contributed by atoms with Gasteiger partial charge in [-0.1, -0.05) is 44.2 Å². The van der Waals surface area contributed by atoms with E-state index < -0.39 is 84.5 Å². The van der Waals surface area contributed by atoms with Crippen LogP contribution in [0.1, 0.15) is 70.1 Å². The fourth-order valence-corrected chi connectivity index (χ4v) is 10.5. The van der Waals surface area contributed by atoms with E-state index in [-0.39, 0.29) is 108 Å². The van der Waals surface area contributed by atoms with Gasteiger partial charge in [0.15, 0.2) is 6.73 Å². The van der Waals surface area contributed by atoms with Gasteiger partial charge in [0, 0.05) is 91.8 Å². The molecule has 498 valence electrons. The number of carbonyl (C=O) groups excluding carboxylic acids is 10. The van der Waals surface area contributed by atoms with Crippen molar-refractivity contribution < 1.29 is 81.8 Å². The lowest BCUT2D eigenvalue weighted by atomic mass is 9.92. The maximum Gasteiger partial charge on any atom is 0.415 e. The number of alkyl halides is 1. The Kier molecular flexibility index (Phi) is 24.2. The number of halogens is 1. The molecular formula is C64H73ClN12O17. The van der Waals surface area contributed by atoms with Crippen LogP contribution in [0.2, 0.25) is 0 Å². The third kappa shape index (κ3) is 18.0. The number of fused-ring (bicyclic) bond motifs is 4. The van der Waals surface area contributed by atoms with E-state index in [0.717, 1.165) is 28.7 Å². The summed E-state index contributed by atoms with van der Waals surface area (Å²) in [6.07, 6.45) is 1.07. The number of nitrogens with one attached hydrogen (secondary N) is 6. The molecule has 0 aliphatic carbocycles. The van der Waals surface area contributed by atoms with E-state index in [4.69, 9.17) is 46.1 Å². The predicted octanol–water partition coefficient (Wildman–Crippen LogP) is 5.21. The lowest BCUT2D eigenvalue weighted by Gasteiger charge is -2.26. The summed E-state index contributed by atoms with van der Waals surface area (Å²) in [5, 5.41) is 33.4. The van der Waals surface area contributed by atoms with Gasteiger partial charge in [-0.3, -0.25) is 28.8 Å². The highest BCUT2D eigenvalue weighted by Gasteiger charge is 2.37. The molecule has 2 aromatic heterocycles. The van der Waals surface area contributed by atoms with Crippen molar-refractivity contribution in [2.45, 2.75) is 58.2 Å². The Morgan fingerprint density at radius 1 is 0.830 bits per heavy atom. The van der Waals surface area contributed by atoms with Gasteiger partial charge in [0.2, 0.25) is 11.8 Å². The first-order valence-electron chi connectivity index (χ1n) is 30.0. The van der Waals surface area contributed by atoms with Gasteiger partial charge in [-0.25, -0.2) is 29.1 Å². The molecule has 10 N–H and O–H groups in total. The molecule has 0 saturated heterocycles. The minimum atomic E-state index is -1.23. The number of rotatable bonds is 30. The molecule has 2 aliphatic rings. The van der Waals surface area contributed by atoms with Crippen molar-refractivity contribution in [3.63, 3.8) is 0 Å². The molecule has 3 atom stereocenters. The number of aromatic amines is 1. The molecule has 2 aliphatic heterocycles. The molecule has 8 rings (SSSR count). The zero-order valence-electron chi connectivity index (χ0n) is 51.9. The van der Waals surface area contributed by atoms with E-state index in [9.17, 15) is 53.1 Å². The Hall–Kier alpha value is -10.4. The van der Waals surface area contributed by atoms with Crippen molar-refractivity contribution >= 4 is 110 Å². The summed E-state index contributed by atoms with van der Waals surface area (Å²) in [5.74, 6) is -3.65. The number of urea groups is 1. The minimum absolute atomic E-state index is 0.0000848. The molecule has 0 saturated carbocycles. The topological polar surface area (TPSA) is 385 Å². The second kappa shape index (κ2) is 32.8. The van der Waals surface area contributed by atoms with Crippen molar-refractivity contribution in [2.75, 3.05) is 101 Å². The maximum atomic E-state index is 14.7. The highest BCUT2D eigenvalue weighted by atomic mass is 35.5. The first kappa shape index (κ1) is 69.5. The number of H-pyrrole nitrogens is 1. The van der Waals surface area contributed by atoms with E-state index in [1.54, 1.807) is 85.5 Å². The molecule has 0 unspecified atom stereocenters. The summed E-state index contributed by atoms with van der Waals surface area (Å²) >= 11 is 6.66. The fraction of sp³-hybridized carbons (Fsp3) is 0.359. The van der Waals surface area contributed by atoms with Crippen LogP contribution in [-0.2, 0) is 40.0 Å². The average molecular weight is 1320 g/mol.